The fourth-order valence-corrected chi connectivity index (χ4v) is 16.8. The molecule has 4 aliphatic heterocycles. The van der Waals surface area contributed by atoms with Gasteiger partial charge < -0.3 is 65.2 Å². The zero-order chi connectivity index (χ0) is 73.8. The lowest BCUT2D eigenvalue weighted by Crippen LogP contribution is -2.65. The van der Waals surface area contributed by atoms with Crippen LogP contribution in [0.2, 0.25) is 0 Å². The highest BCUT2D eigenvalue weighted by molar-refractivity contribution is 6.21. The Morgan fingerprint density at radius 2 is 1.22 bits per heavy atom. The zero-order valence-corrected chi connectivity index (χ0v) is 61.9. The Balaban J connectivity index is 1.26. The van der Waals surface area contributed by atoms with Crippen LogP contribution in [0.15, 0.2) is 0 Å². The molecule has 7 aliphatic rings. The largest absolute Gasteiger partial charge is 0.393 e. The van der Waals surface area contributed by atoms with Crippen LogP contribution in [0.1, 0.15) is 189 Å². The standard InChI is InChI=1S/C71H114ClF3N12O13/c1-13-43(5)60-68(98)82(9)38-58(90)80(7)39-59(91)84(11)55(35-45-21-16-15-17-22-45)67(97)81(8)37-56(88)76-51(29-25-46-24-28-49(50(72)34-46)71(73,74)75)65(95)86-32-20-23-53(86)63(93)79-70(30-18-19-31-70)69(99)85(12)61(44(6)14-2)64(94)77-52(66(96)87-47-26-27-48(87)41-100-40-47)36-57(89)83(10)54(33-42(3)4)62(92)78-60/h42-55,60-61H,13-41H2,1-12H3,(H,76,88)(H,77,94)(H,78,92)(H,79,93)/t43-,44-,46?,47?,48?,49?,50?,51-,52-,53-,54-,55-,60-,61-/m0/s1. The molecule has 25 nitrogen and oxygen atoms in total. The Morgan fingerprint density at radius 3 is 1.82 bits per heavy atom. The van der Waals surface area contributed by atoms with Gasteiger partial charge in [-0.1, -0.05) is 99.3 Å². The van der Waals surface area contributed by atoms with Gasteiger partial charge in [0, 0.05) is 54.2 Å². The van der Waals surface area contributed by atoms with Crippen molar-refractivity contribution in [1.82, 2.24) is 60.5 Å². The van der Waals surface area contributed by atoms with Gasteiger partial charge in [-0.3, -0.25) is 57.5 Å². The van der Waals surface area contributed by atoms with Crippen LogP contribution in [0.3, 0.4) is 0 Å². The third-order valence-corrected chi connectivity index (χ3v) is 23.4. The van der Waals surface area contributed by atoms with Crippen molar-refractivity contribution in [3.05, 3.63) is 0 Å². The summed E-state index contributed by atoms with van der Waals surface area (Å²) in [6.45, 7) is 9.81. The van der Waals surface area contributed by atoms with Gasteiger partial charge in [0.2, 0.25) is 70.9 Å². The number of nitrogens with one attached hydrogen (secondary N) is 4. The van der Waals surface area contributed by atoms with Crippen molar-refractivity contribution in [2.75, 3.05) is 81.7 Å². The lowest BCUT2D eigenvalue weighted by Gasteiger charge is -2.41. The average Bonchev–Trinajstić information content (AvgIpc) is 1.53. The number of carbonyl (C=O) groups is 12. The fourth-order valence-electron chi connectivity index (χ4n) is 16.3. The summed E-state index contributed by atoms with van der Waals surface area (Å²) in [6.07, 6.45) is 3.48. The van der Waals surface area contributed by atoms with Gasteiger partial charge in [-0.2, -0.15) is 13.2 Å². The summed E-state index contributed by atoms with van der Waals surface area (Å²) in [4.78, 5) is 189. The van der Waals surface area contributed by atoms with Crippen LogP contribution < -0.4 is 21.3 Å². The monoisotopic (exact) mass is 1430 g/mol. The van der Waals surface area contributed by atoms with Crippen molar-refractivity contribution in [2.45, 2.75) is 261 Å². The molecule has 7 rings (SSSR count). The lowest BCUT2D eigenvalue weighted by molar-refractivity contribution is -0.182. The van der Waals surface area contributed by atoms with E-state index in [1.54, 1.807) is 18.7 Å². The van der Waals surface area contributed by atoms with Gasteiger partial charge >= 0.3 is 6.18 Å². The number of rotatable bonds is 12. The van der Waals surface area contributed by atoms with Crippen LogP contribution in [0.4, 0.5) is 13.2 Å². The number of ether oxygens (including phenoxy) is 1. The van der Waals surface area contributed by atoms with E-state index in [0.717, 1.165) is 46.8 Å². The fraction of sp³-hybridized carbons (Fsp3) is 0.831. The molecule has 0 radical (unpaired) electrons. The second kappa shape index (κ2) is 35.7. The molecule has 0 aromatic rings. The molecule has 100 heavy (non-hydrogen) atoms. The Bertz CT molecular complexity index is 2920. The van der Waals surface area contributed by atoms with Crippen LogP contribution in [0, 0.1) is 35.5 Å². The molecule has 3 saturated carbocycles. The average molecular weight is 1440 g/mol. The molecule has 14 atom stereocenters. The van der Waals surface area contributed by atoms with Gasteiger partial charge in [0.25, 0.3) is 0 Å². The number of morpholine rings is 1. The second-order valence-corrected chi connectivity index (χ2v) is 31.2. The van der Waals surface area contributed by atoms with E-state index in [2.05, 4.69) is 21.3 Å². The summed E-state index contributed by atoms with van der Waals surface area (Å²) in [7, 11) is 8.50. The van der Waals surface area contributed by atoms with Crippen molar-refractivity contribution >= 4 is 82.5 Å². The van der Waals surface area contributed by atoms with Crippen molar-refractivity contribution in [1.29, 1.82) is 0 Å². The first-order chi connectivity index (χ1) is 47.1. The number of amides is 12. The summed E-state index contributed by atoms with van der Waals surface area (Å²) in [5.41, 5.74) is -1.58. The van der Waals surface area contributed by atoms with Crippen LogP contribution in [-0.4, -0.2) is 263 Å². The van der Waals surface area contributed by atoms with Crippen molar-refractivity contribution in [2.24, 2.45) is 35.5 Å². The summed E-state index contributed by atoms with van der Waals surface area (Å²) < 4.78 is 47.8. The minimum atomic E-state index is -4.51. The zero-order valence-electron chi connectivity index (χ0n) is 61.1. The smallest absolute Gasteiger partial charge is 0.377 e. The van der Waals surface area contributed by atoms with Gasteiger partial charge in [0.05, 0.1) is 57.3 Å². The molecule has 3 aliphatic carbocycles. The maximum atomic E-state index is 15.5. The van der Waals surface area contributed by atoms with E-state index in [4.69, 9.17) is 16.3 Å². The minimum absolute atomic E-state index is 0.00409. The van der Waals surface area contributed by atoms with E-state index in [0.29, 0.717) is 44.9 Å². The Hall–Kier alpha value is -6.32. The second-order valence-electron chi connectivity index (χ2n) is 30.6. The van der Waals surface area contributed by atoms with E-state index in [1.165, 1.54) is 61.9 Å². The van der Waals surface area contributed by atoms with Crippen LogP contribution >= 0.6 is 11.6 Å². The quantitative estimate of drug-likeness (QED) is 0.188. The number of fused-ring (bicyclic) bond motifs is 3. The maximum Gasteiger partial charge on any atom is 0.393 e. The number of halogens is 4. The predicted molar refractivity (Wildman–Crippen MR) is 367 cm³/mol. The van der Waals surface area contributed by atoms with E-state index in [1.807, 2.05) is 27.7 Å². The van der Waals surface area contributed by atoms with Crippen LogP contribution in [-0.2, 0) is 62.3 Å². The molecular formula is C71H114ClF3N12O13. The molecule has 0 aromatic carbocycles. The van der Waals surface area contributed by atoms with Crippen LogP contribution in [0.25, 0.3) is 0 Å². The Labute approximate surface area is 593 Å². The first kappa shape index (κ1) is 81.0. The highest BCUT2D eigenvalue weighted by Crippen LogP contribution is 2.44. The summed E-state index contributed by atoms with van der Waals surface area (Å²) >= 11 is 6.40. The van der Waals surface area contributed by atoms with Gasteiger partial charge in [0.15, 0.2) is 0 Å². The molecule has 2 bridgehead atoms. The Kier molecular flexibility index (Phi) is 28.9. The molecule has 5 unspecified atom stereocenters. The maximum absolute atomic E-state index is 15.5. The summed E-state index contributed by atoms with van der Waals surface area (Å²) in [5.74, 6) is -11.2. The minimum Gasteiger partial charge on any atom is -0.377 e. The third kappa shape index (κ3) is 19.9. The molecule has 564 valence electrons. The molecule has 4 heterocycles. The Morgan fingerprint density at radius 1 is 0.610 bits per heavy atom. The first-order valence-corrected chi connectivity index (χ1v) is 37.2. The van der Waals surface area contributed by atoms with Gasteiger partial charge in [-0.25, -0.2) is 0 Å². The molecule has 1 spiro atoms. The number of hydrogen-bond donors (Lipinski definition) is 4. The highest BCUT2D eigenvalue weighted by Gasteiger charge is 2.52. The third-order valence-electron chi connectivity index (χ3n) is 22.9. The van der Waals surface area contributed by atoms with Crippen LogP contribution in [0.5, 0.6) is 0 Å². The number of hydrogen-bond acceptors (Lipinski definition) is 13. The van der Waals surface area contributed by atoms with E-state index >= 15 is 28.8 Å². The number of likely N-dealkylation sites (N-methyl/N-ethyl adjacent to an activating group) is 6. The summed E-state index contributed by atoms with van der Waals surface area (Å²) in [6, 6.07) is -9.50. The topological polar surface area (TPSA) is 288 Å². The van der Waals surface area contributed by atoms with Gasteiger partial charge in [-0.15, -0.1) is 11.6 Å². The summed E-state index contributed by atoms with van der Waals surface area (Å²) in [5, 5.41) is 10.4. The van der Waals surface area contributed by atoms with E-state index in [-0.39, 0.29) is 114 Å². The SMILES string of the molecule is CC[C@H](C)[C@@H]1NC(=O)[C@H](CC(C)C)N(C)C(=O)C[C@@H](C(=O)N2C3CCC2COC3)NC(=O)[C@H]([C@@H](C)CC)N(C)C(=O)C2(CCCC2)NC(=O)[C@@H]2CCCN2C(=O)[C@H](CCC2CCC(C(F)(F)F)C(Cl)C2)NC(=O)CN(C)C(=O)[C@H](CC2CCCCC2)N(C)C(=O)CN(C)C(=O)CN(C)C1=O. The molecule has 29 heteroatoms. The van der Waals surface area contributed by atoms with E-state index in [9.17, 15) is 41.9 Å². The molecule has 4 saturated heterocycles. The molecule has 0 aromatic heterocycles. The molecule has 4 N–H and O–H groups in total. The molecule has 7 fully saturated rings. The van der Waals surface area contributed by atoms with Gasteiger partial charge in [-0.05, 0) is 113 Å². The predicted octanol–water partition coefficient (Wildman–Crippen LogP) is 4.99. The normalized spacial score (nSPS) is 31.1. The van der Waals surface area contributed by atoms with Gasteiger partial charge in [0.1, 0.15) is 47.8 Å². The highest BCUT2D eigenvalue weighted by atomic mass is 35.5. The van der Waals surface area contributed by atoms with E-state index < -0.39 is 174 Å². The molecule has 12 amide bonds. The molecular weight excluding hydrogens is 1320 g/mol. The van der Waals surface area contributed by atoms with Crippen molar-refractivity contribution in [3.63, 3.8) is 0 Å². The number of carbonyl (C=O) groups excluding carboxylic acids is 12. The van der Waals surface area contributed by atoms with Crippen molar-refractivity contribution in [3.8, 4) is 0 Å². The lowest BCUT2D eigenvalue weighted by atomic mass is 9.78. The first-order valence-electron chi connectivity index (χ1n) is 36.8. The number of alkyl halides is 4. The van der Waals surface area contributed by atoms with Crippen molar-refractivity contribution < 1.29 is 75.4 Å². The number of nitrogens with zero attached hydrogens (tertiary/aromatic N) is 8.